The monoisotopic (exact) mass is 444 g/mol. The summed E-state index contributed by atoms with van der Waals surface area (Å²) in [6.07, 6.45) is 6.33. The van der Waals surface area contributed by atoms with Crippen LogP contribution >= 0.6 is 0 Å². The Morgan fingerprint density at radius 3 is 2.47 bits per heavy atom. The van der Waals surface area contributed by atoms with Gasteiger partial charge in [-0.05, 0) is 68.4 Å². The Morgan fingerprint density at radius 1 is 1.06 bits per heavy atom. The zero-order chi connectivity index (χ0) is 22.1. The largest absolute Gasteiger partial charge is 0.491 e. The molecule has 0 saturated heterocycles. The molecule has 1 aromatic rings. The maximum atomic E-state index is 12.9. The van der Waals surface area contributed by atoms with E-state index in [9.17, 15) is 14.7 Å². The third-order valence-corrected chi connectivity index (χ3v) is 7.48. The third kappa shape index (κ3) is 4.51. The van der Waals surface area contributed by atoms with Crippen molar-refractivity contribution in [3.8, 4) is 17.2 Å². The molecule has 4 fully saturated rings. The average molecular weight is 445 g/mol. The normalized spacial score (nSPS) is 30.1. The summed E-state index contributed by atoms with van der Waals surface area (Å²) in [5, 5.41) is 15.8. The zero-order valence-corrected chi connectivity index (χ0v) is 18.3. The van der Waals surface area contributed by atoms with E-state index in [0.29, 0.717) is 23.8 Å². The van der Waals surface area contributed by atoms with Crippen LogP contribution in [0.25, 0.3) is 0 Å². The summed E-state index contributed by atoms with van der Waals surface area (Å²) >= 11 is 0. The minimum Gasteiger partial charge on any atom is -0.491 e. The average Bonchev–Trinajstić information content (AvgIpc) is 3.23. The first-order valence-corrected chi connectivity index (χ1v) is 11.7. The Labute approximate surface area is 188 Å². The van der Waals surface area contributed by atoms with E-state index in [1.165, 1.54) is 19.3 Å². The van der Waals surface area contributed by atoms with Crippen LogP contribution in [0.4, 0.5) is 0 Å². The minimum atomic E-state index is -0.842. The van der Waals surface area contributed by atoms with Crippen molar-refractivity contribution in [3.05, 3.63) is 18.2 Å². The molecule has 1 atom stereocenters. The van der Waals surface area contributed by atoms with Crippen molar-refractivity contribution in [1.82, 2.24) is 10.6 Å². The quantitative estimate of drug-likeness (QED) is 0.538. The predicted octanol–water partition coefficient (Wildman–Crippen LogP) is 1.99. The van der Waals surface area contributed by atoms with E-state index in [4.69, 9.17) is 14.2 Å². The summed E-state index contributed by atoms with van der Waals surface area (Å²) in [4.78, 5) is 25.1. The van der Waals surface area contributed by atoms with Gasteiger partial charge in [-0.2, -0.15) is 0 Å². The number of nitrogens with one attached hydrogen (secondary N) is 2. The molecule has 0 aromatic heterocycles. The second kappa shape index (κ2) is 8.81. The minimum absolute atomic E-state index is 0.0443. The van der Waals surface area contributed by atoms with Gasteiger partial charge < -0.3 is 30.0 Å². The van der Waals surface area contributed by atoms with E-state index < -0.39 is 6.10 Å². The van der Waals surface area contributed by atoms with E-state index in [0.717, 1.165) is 37.0 Å². The number of aliphatic hydroxyl groups excluding tert-OH is 1. The fraction of sp³-hybridized carbons (Fsp3) is 0.667. The van der Waals surface area contributed by atoms with Crippen LogP contribution in [-0.4, -0.2) is 49.5 Å². The van der Waals surface area contributed by atoms with E-state index in [1.54, 1.807) is 18.2 Å². The lowest BCUT2D eigenvalue weighted by molar-refractivity contribution is -0.146. The second-order valence-corrected chi connectivity index (χ2v) is 9.99. The lowest BCUT2D eigenvalue weighted by Crippen LogP contribution is -2.53. The molecule has 0 radical (unpaired) electrons. The zero-order valence-electron chi connectivity index (χ0n) is 18.3. The number of hydrogen-bond acceptors (Lipinski definition) is 6. The highest BCUT2D eigenvalue weighted by molar-refractivity contribution is 5.84. The van der Waals surface area contributed by atoms with Crippen LogP contribution in [0.15, 0.2) is 18.2 Å². The van der Waals surface area contributed by atoms with Crippen molar-refractivity contribution in [2.75, 3.05) is 26.5 Å². The van der Waals surface area contributed by atoms with Crippen LogP contribution in [0, 0.1) is 23.2 Å². The number of rotatable bonds is 9. The number of aliphatic hydroxyl groups is 1. The lowest BCUT2D eigenvalue weighted by atomic mass is 9.49. The maximum Gasteiger partial charge on any atom is 0.231 e. The molecule has 2 amide bonds. The van der Waals surface area contributed by atoms with Gasteiger partial charge in [-0.15, -0.1) is 0 Å². The molecule has 32 heavy (non-hydrogen) atoms. The van der Waals surface area contributed by atoms with Crippen molar-refractivity contribution in [2.24, 2.45) is 23.2 Å². The molecule has 8 heteroatoms. The molecule has 6 rings (SSSR count). The van der Waals surface area contributed by atoms with Gasteiger partial charge in [0.05, 0.1) is 0 Å². The Hall–Kier alpha value is -2.48. The molecule has 4 bridgehead atoms. The van der Waals surface area contributed by atoms with Gasteiger partial charge in [0.2, 0.25) is 18.6 Å². The summed E-state index contributed by atoms with van der Waals surface area (Å²) in [6.45, 7) is 0.654. The smallest absolute Gasteiger partial charge is 0.231 e. The predicted molar refractivity (Wildman–Crippen MR) is 115 cm³/mol. The number of benzene rings is 1. The van der Waals surface area contributed by atoms with E-state index in [1.807, 2.05) is 0 Å². The molecule has 0 spiro atoms. The molecule has 3 N–H and O–H groups in total. The molecule has 1 aliphatic heterocycles. The van der Waals surface area contributed by atoms with Crippen LogP contribution in [0.5, 0.6) is 17.2 Å². The first kappa shape index (κ1) is 21.4. The molecule has 4 saturated carbocycles. The molecule has 1 aromatic carbocycles. The van der Waals surface area contributed by atoms with Crippen LogP contribution in [0.2, 0.25) is 0 Å². The molecule has 8 nitrogen and oxygen atoms in total. The fourth-order valence-electron chi connectivity index (χ4n) is 6.40. The lowest BCUT2D eigenvalue weighted by Gasteiger charge is -2.55. The number of amides is 2. The first-order valence-electron chi connectivity index (χ1n) is 11.7. The highest BCUT2D eigenvalue weighted by Crippen LogP contribution is 2.60. The van der Waals surface area contributed by atoms with Gasteiger partial charge >= 0.3 is 0 Å². The summed E-state index contributed by atoms with van der Waals surface area (Å²) in [5.74, 6) is 3.94. The van der Waals surface area contributed by atoms with Crippen molar-refractivity contribution in [3.63, 3.8) is 0 Å². The van der Waals surface area contributed by atoms with E-state index in [2.05, 4.69) is 10.6 Å². The van der Waals surface area contributed by atoms with Gasteiger partial charge in [-0.1, -0.05) is 0 Å². The molecular weight excluding hydrogens is 412 g/mol. The van der Waals surface area contributed by atoms with Crippen LogP contribution in [0.3, 0.4) is 0 Å². The summed E-state index contributed by atoms with van der Waals surface area (Å²) in [6, 6.07) is 5.20. The van der Waals surface area contributed by atoms with Gasteiger partial charge in [0, 0.05) is 31.0 Å². The van der Waals surface area contributed by atoms with Crippen molar-refractivity contribution < 1.29 is 28.9 Å². The van der Waals surface area contributed by atoms with Crippen LogP contribution in [0.1, 0.15) is 44.9 Å². The third-order valence-electron chi connectivity index (χ3n) is 7.48. The van der Waals surface area contributed by atoms with Crippen molar-refractivity contribution in [1.29, 1.82) is 0 Å². The number of ether oxygens (including phenoxy) is 3. The summed E-state index contributed by atoms with van der Waals surface area (Å²) in [7, 11) is 0. The fourth-order valence-corrected chi connectivity index (χ4v) is 6.40. The molecule has 174 valence electrons. The van der Waals surface area contributed by atoms with Crippen molar-refractivity contribution >= 4 is 11.8 Å². The van der Waals surface area contributed by atoms with Crippen LogP contribution < -0.4 is 24.8 Å². The highest BCUT2D eigenvalue weighted by atomic mass is 16.7. The summed E-state index contributed by atoms with van der Waals surface area (Å²) < 4.78 is 16.1. The maximum absolute atomic E-state index is 12.9. The van der Waals surface area contributed by atoms with E-state index in [-0.39, 0.29) is 43.6 Å². The first-order chi connectivity index (χ1) is 15.5. The van der Waals surface area contributed by atoms with Gasteiger partial charge in [0.25, 0.3) is 0 Å². The Morgan fingerprint density at radius 2 is 1.75 bits per heavy atom. The Bertz CT molecular complexity index is 837. The molecular formula is C24H32N2O6. The number of carbonyl (C=O) groups is 2. The van der Waals surface area contributed by atoms with Crippen molar-refractivity contribution in [2.45, 2.75) is 51.0 Å². The number of hydrogen-bond donors (Lipinski definition) is 3. The van der Waals surface area contributed by atoms with Gasteiger partial charge in [0.15, 0.2) is 11.5 Å². The van der Waals surface area contributed by atoms with Gasteiger partial charge in [0.1, 0.15) is 18.5 Å². The topological polar surface area (TPSA) is 106 Å². The summed E-state index contributed by atoms with van der Waals surface area (Å²) in [5.41, 5.74) is -0.187. The second-order valence-electron chi connectivity index (χ2n) is 9.99. The molecule has 5 aliphatic rings. The van der Waals surface area contributed by atoms with Gasteiger partial charge in [-0.25, -0.2) is 0 Å². The number of fused-ring (bicyclic) bond motifs is 1. The van der Waals surface area contributed by atoms with Crippen LogP contribution in [-0.2, 0) is 9.59 Å². The molecule has 4 aliphatic carbocycles. The standard InChI is InChI=1S/C24H32N2O6/c27-18(13-30-19-1-2-20-21(8-19)32-14-31-20)12-26-22(28)3-4-25-23(29)24-9-15-5-16(10-24)7-17(6-15)11-24/h1-2,8,15-18,27H,3-7,9-14H2,(H,25,29)(H,26,28). The Balaban J connectivity index is 0.990. The molecule has 1 unspecified atom stereocenters. The highest BCUT2D eigenvalue weighted by Gasteiger charge is 2.54. The Kier molecular flexibility index (Phi) is 5.88. The number of carbonyl (C=O) groups excluding carboxylic acids is 2. The SMILES string of the molecule is O=C(CCNC(=O)C12CC3CC(CC(C3)C1)C2)NCC(O)COc1ccc2c(c1)OCO2. The van der Waals surface area contributed by atoms with Gasteiger partial charge in [-0.3, -0.25) is 9.59 Å². The van der Waals surface area contributed by atoms with E-state index >= 15 is 0 Å². The molecule has 1 heterocycles.